The van der Waals surface area contributed by atoms with Crippen LogP contribution in [0.1, 0.15) is 128 Å². The maximum absolute atomic E-state index is 15.2. The zero-order valence-electron chi connectivity index (χ0n) is 43.8. The van der Waals surface area contributed by atoms with Crippen molar-refractivity contribution in [1.82, 2.24) is 9.80 Å². The molecule has 0 N–H and O–H groups in total. The van der Waals surface area contributed by atoms with Gasteiger partial charge in [-0.25, -0.2) is 0 Å². The zero-order chi connectivity index (χ0) is 56.5. The Morgan fingerprint density at radius 3 is 1.15 bits per heavy atom. The standard InChI is InChI=1S/C66H46N6O10/c67-35-41(39-15-19-45(20-16-39)71(77)78)31-37-11-23-47(24-12-37)81-55-33-53-57-51(63(73)69(65(53)75)43-7-3-1-4-8-43)29-27-49-60-56(82-48-25-13-38(14-26-48)32-42(36-68)40-17-21-46(22-18-40)72(79)80)34-54-58-52(30-28-50(62(58)60)59(55)61(49)57)64(74)70(66(54)76)44-9-5-2-6-10-44/h11-34,43-44H,1-10H2/b41-31-,42-32+. The molecule has 82 heavy (non-hydrogen) atoms. The largest absolute Gasteiger partial charge is 0.457 e. The fourth-order valence-corrected chi connectivity index (χ4v) is 12.7. The van der Waals surface area contributed by atoms with E-state index in [0.29, 0.717) is 114 Å². The average molecular weight is 1080 g/mol. The van der Waals surface area contributed by atoms with Crippen LogP contribution in [0.3, 0.4) is 0 Å². The van der Waals surface area contributed by atoms with Gasteiger partial charge in [0.25, 0.3) is 35.0 Å². The van der Waals surface area contributed by atoms with E-state index in [1.165, 1.54) is 58.3 Å². The summed E-state index contributed by atoms with van der Waals surface area (Å²) in [6, 6.07) is 39.7. The summed E-state index contributed by atoms with van der Waals surface area (Å²) in [5, 5.41) is 47.1. The van der Waals surface area contributed by atoms with Gasteiger partial charge in [-0.05, 0) is 144 Å². The van der Waals surface area contributed by atoms with Crippen LogP contribution in [0.15, 0.2) is 133 Å². The summed E-state index contributed by atoms with van der Waals surface area (Å²) in [7, 11) is 0. The molecule has 0 spiro atoms. The Kier molecular flexibility index (Phi) is 12.6. The minimum atomic E-state index is -0.506. The number of nitrogens with zero attached hydrogens (tertiary/aromatic N) is 6. The molecule has 9 aromatic rings. The topological polar surface area (TPSA) is 227 Å². The molecule has 400 valence electrons. The number of hydrogen-bond donors (Lipinski definition) is 0. The summed E-state index contributed by atoms with van der Waals surface area (Å²) in [4.78, 5) is 84.6. The van der Waals surface area contributed by atoms with Crippen molar-refractivity contribution in [3.8, 4) is 35.1 Å². The Bertz CT molecular complexity index is 4110. The third kappa shape index (κ3) is 8.51. The monoisotopic (exact) mass is 1080 g/mol. The fourth-order valence-electron chi connectivity index (χ4n) is 12.7. The van der Waals surface area contributed by atoms with E-state index in [0.717, 1.165) is 38.5 Å². The van der Waals surface area contributed by atoms with Crippen molar-refractivity contribution in [3.63, 3.8) is 0 Å². The number of ether oxygens (including phenoxy) is 2. The summed E-state index contributed by atoms with van der Waals surface area (Å²) in [5.74, 6) is -0.372. The number of fused-ring (bicyclic) bond motifs is 2. The SMILES string of the molecule is N#C/C(=C\c1ccc(Oc2cc3c4c(ccc5c6c(Oc7ccc(/C=C(/C#N)c8ccc([N+](=O)[O-])cc8)cc7)cc7c8c(ccc(c2c45)c86)C(=O)N(C2CCCCC2)C7=O)C(=O)N(C2CCCCC2)C3=O)cc1)c1ccc([N+](=O)[O-])cc1. The van der Waals surface area contributed by atoms with E-state index in [4.69, 9.17) is 9.47 Å². The summed E-state index contributed by atoms with van der Waals surface area (Å²) < 4.78 is 13.9. The number of nitro benzene ring substituents is 2. The molecular formula is C66H46N6O10. The van der Waals surface area contributed by atoms with Gasteiger partial charge in [-0.15, -0.1) is 0 Å². The van der Waals surface area contributed by atoms with Crippen LogP contribution in [0.2, 0.25) is 0 Å². The quantitative estimate of drug-likeness (QED) is 0.0212. The van der Waals surface area contributed by atoms with Crippen molar-refractivity contribution in [3.05, 3.63) is 198 Å². The predicted molar refractivity (Wildman–Crippen MR) is 309 cm³/mol. The highest BCUT2D eigenvalue weighted by molar-refractivity contribution is 6.43. The molecule has 2 heterocycles. The first-order chi connectivity index (χ1) is 39.9. The van der Waals surface area contributed by atoms with Gasteiger partial charge < -0.3 is 9.47 Å². The Balaban J connectivity index is 1.00. The second-order valence-corrected chi connectivity index (χ2v) is 21.2. The van der Waals surface area contributed by atoms with Crippen LogP contribution in [-0.4, -0.2) is 55.4 Å². The van der Waals surface area contributed by atoms with Gasteiger partial charge in [0.2, 0.25) is 0 Å². The average Bonchev–Trinajstić information content (AvgIpc) is 1.21. The van der Waals surface area contributed by atoms with Crippen LogP contribution in [-0.2, 0) is 0 Å². The predicted octanol–water partition coefficient (Wildman–Crippen LogP) is 15.1. The molecule has 2 aliphatic carbocycles. The van der Waals surface area contributed by atoms with Crippen molar-refractivity contribution in [2.45, 2.75) is 76.3 Å². The second kappa shape index (κ2) is 20.3. The molecule has 0 atom stereocenters. The van der Waals surface area contributed by atoms with Gasteiger partial charge >= 0.3 is 0 Å². The Hall–Kier alpha value is -10.6. The molecule has 0 saturated heterocycles. The number of rotatable bonds is 12. The maximum atomic E-state index is 15.2. The minimum Gasteiger partial charge on any atom is -0.457 e. The second-order valence-electron chi connectivity index (χ2n) is 21.2. The van der Waals surface area contributed by atoms with Gasteiger partial charge in [0.15, 0.2) is 0 Å². The Labute approximate surface area is 467 Å². The molecule has 0 aromatic heterocycles. The van der Waals surface area contributed by atoms with E-state index < -0.39 is 33.5 Å². The number of nitriles is 2. The number of nitro groups is 2. The summed E-state index contributed by atoms with van der Waals surface area (Å²) >= 11 is 0. The molecule has 13 rings (SSSR count). The molecule has 0 bridgehead atoms. The van der Waals surface area contributed by atoms with Crippen molar-refractivity contribution in [2.75, 3.05) is 0 Å². The van der Waals surface area contributed by atoms with Crippen molar-refractivity contribution in [1.29, 1.82) is 10.5 Å². The molecule has 16 heteroatoms. The highest BCUT2D eigenvalue weighted by Crippen LogP contribution is 2.53. The number of allylic oxidation sites excluding steroid dienone is 2. The van der Waals surface area contributed by atoms with Crippen LogP contribution in [0.5, 0.6) is 23.0 Å². The third-order valence-corrected chi connectivity index (χ3v) is 16.6. The van der Waals surface area contributed by atoms with Crippen molar-refractivity contribution >= 4 is 101 Å². The molecule has 2 aliphatic heterocycles. The highest BCUT2D eigenvalue weighted by Gasteiger charge is 2.43. The maximum Gasteiger partial charge on any atom is 0.269 e. The lowest BCUT2D eigenvalue weighted by Crippen LogP contribution is -2.48. The lowest BCUT2D eigenvalue weighted by molar-refractivity contribution is -0.385. The minimum absolute atomic E-state index is 0.0998. The number of carbonyl (C=O) groups is 4. The van der Waals surface area contributed by atoms with Crippen LogP contribution >= 0.6 is 0 Å². The fraction of sp³-hybridized carbons (Fsp3) is 0.182. The molecule has 4 amide bonds. The summed E-state index contributed by atoms with van der Waals surface area (Å²) in [5.41, 5.74) is 3.88. The van der Waals surface area contributed by atoms with E-state index in [1.54, 1.807) is 84.9 Å². The summed E-state index contributed by atoms with van der Waals surface area (Å²) in [6.45, 7) is 0. The van der Waals surface area contributed by atoms with E-state index in [1.807, 2.05) is 12.1 Å². The van der Waals surface area contributed by atoms with E-state index >= 15 is 9.59 Å². The first-order valence-corrected chi connectivity index (χ1v) is 27.2. The number of benzene rings is 9. The van der Waals surface area contributed by atoms with E-state index in [-0.39, 0.29) is 57.2 Å². The number of carbonyl (C=O) groups excluding carboxylic acids is 4. The molecule has 4 aliphatic rings. The Morgan fingerprint density at radius 1 is 0.451 bits per heavy atom. The first-order valence-electron chi connectivity index (χ1n) is 27.2. The molecular weight excluding hydrogens is 1040 g/mol. The first kappa shape index (κ1) is 50.9. The number of non-ortho nitro benzene ring substituents is 2. The van der Waals surface area contributed by atoms with Gasteiger partial charge in [-0.3, -0.25) is 49.2 Å². The Morgan fingerprint density at radius 2 is 0.805 bits per heavy atom. The van der Waals surface area contributed by atoms with E-state index in [2.05, 4.69) is 12.1 Å². The molecule has 0 unspecified atom stereocenters. The normalized spacial score (nSPS) is 16.1. The van der Waals surface area contributed by atoms with Crippen molar-refractivity contribution in [2.24, 2.45) is 0 Å². The van der Waals surface area contributed by atoms with E-state index in [9.17, 15) is 40.3 Å². The van der Waals surface area contributed by atoms with Gasteiger partial charge in [0.1, 0.15) is 23.0 Å². The van der Waals surface area contributed by atoms with Gasteiger partial charge in [-0.2, -0.15) is 10.5 Å². The molecule has 2 saturated carbocycles. The molecule has 2 fully saturated rings. The van der Waals surface area contributed by atoms with Crippen LogP contribution in [0.4, 0.5) is 11.4 Å². The number of amides is 4. The molecule has 16 nitrogen and oxygen atoms in total. The van der Waals surface area contributed by atoms with Gasteiger partial charge in [-0.1, -0.05) is 74.9 Å². The number of hydrogen-bond acceptors (Lipinski definition) is 12. The summed E-state index contributed by atoms with van der Waals surface area (Å²) in [6.07, 6.45) is 11.6. The van der Waals surface area contributed by atoms with Crippen molar-refractivity contribution < 1.29 is 38.5 Å². The lowest BCUT2D eigenvalue weighted by atomic mass is 9.80. The molecule has 9 aromatic carbocycles. The van der Waals surface area contributed by atoms with Crippen LogP contribution in [0.25, 0.3) is 66.4 Å². The van der Waals surface area contributed by atoms with Crippen LogP contribution in [0, 0.1) is 42.9 Å². The molecule has 0 radical (unpaired) electrons. The zero-order valence-corrected chi connectivity index (χ0v) is 43.8. The van der Waals surface area contributed by atoms with Crippen LogP contribution < -0.4 is 9.47 Å². The number of imide groups is 2. The lowest BCUT2D eigenvalue weighted by Gasteiger charge is -2.37. The smallest absolute Gasteiger partial charge is 0.269 e. The highest BCUT2D eigenvalue weighted by atomic mass is 16.6. The third-order valence-electron chi connectivity index (χ3n) is 16.6. The van der Waals surface area contributed by atoms with Gasteiger partial charge in [0.05, 0.1) is 44.3 Å². The van der Waals surface area contributed by atoms with Gasteiger partial charge in [0, 0.05) is 79.8 Å².